The summed E-state index contributed by atoms with van der Waals surface area (Å²) in [6.07, 6.45) is 6.33. The molecule has 0 saturated heterocycles. The maximum absolute atomic E-state index is 13.1. The highest BCUT2D eigenvalue weighted by Gasteiger charge is 2.27. The van der Waals surface area contributed by atoms with E-state index in [2.05, 4.69) is 6.58 Å². The molecule has 3 rings (SSSR count). The van der Waals surface area contributed by atoms with Crippen molar-refractivity contribution in [2.45, 2.75) is 46.3 Å². The zero-order valence-corrected chi connectivity index (χ0v) is 19.8. The molecule has 0 spiro atoms. The fourth-order valence-corrected chi connectivity index (χ4v) is 3.55. The summed E-state index contributed by atoms with van der Waals surface area (Å²) >= 11 is 0. The monoisotopic (exact) mass is 452 g/mol. The first-order valence-electron chi connectivity index (χ1n) is 11.1. The number of carbonyl (C=O) groups excluding carboxylic acids is 1. The second-order valence-corrected chi connectivity index (χ2v) is 8.43. The van der Waals surface area contributed by atoms with Gasteiger partial charge in [0.1, 0.15) is 35.2 Å². The molecule has 0 aliphatic carbocycles. The van der Waals surface area contributed by atoms with Crippen LogP contribution in [0.1, 0.15) is 54.2 Å². The molecule has 6 heteroatoms. The molecule has 1 aliphatic rings. The summed E-state index contributed by atoms with van der Waals surface area (Å²) < 4.78 is 23.4. The smallest absolute Gasteiger partial charge is 0.203 e. The van der Waals surface area contributed by atoms with Crippen LogP contribution in [0.2, 0.25) is 0 Å². The number of hydrogen-bond acceptors (Lipinski definition) is 6. The van der Waals surface area contributed by atoms with Gasteiger partial charge in [0.15, 0.2) is 6.61 Å². The molecule has 33 heavy (non-hydrogen) atoms. The van der Waals surface area contributed by atoms with Crippen LogP contribution in [0.5, 0.6) is 23.0 Å². The third-order valence-corrected chi connectivity index (χ3v) is 5.22. The molecule has 6 nitrogen and oxygen atoms in total. The summed E-state index contributed by atoms with van der Waals surface area (Å²) in [7, 11) is 0. The van der Waals surface area contributed by atoms with Gasteiger partial charge in [-0.2, -0.15) is 0 Å². The summed E-state index contributed by atoms with van der Waals surface area (Å²) in [6, 6.07) is 7.02. The molecule has 0 radical (unpaired) electrons. The number of aliphatic hydroxyl groups excluding tert-OH is 1. The third-order valence-electron chi connectivity index (χ3n) is 5.22. The SMILES string of the molecule is C=CCOc1cc(OCCC)ccc1C(=O)COc1c2c(cc(C)c1CO)OC(C)(C)C=C2. The lowest BCUT2D eigenvalue weighted by molar-refractivity contribution is 0.0913. The lowest BCUT2D eigenvalue weighted by Crippen LogP contribution is -2.28. The minimum Gasteiger partial charge on any atom is -0.493 e. The van der Waals surface area contributed by atoms with Crippen molar-refractivity contribution < 1.29 is 28.8 Å². The average molecular weight is 453 g/mol. The Morgan fingerprint density at radius 2 is 2.00 bits per heavy atom. The van der Waals surface area contributed by atoms with E-state index in [4.69, 9.17) is 18.9 Å². The Kier molecular flexibility index (Phi) is 7.82. The fourth-order valence-electron chi connectivity index (χ4n) is 3.55. The van der Waals surface area contributed by atoms with E-state index in [1.54, 1.807) is 24.3 Å². The maximum Gasteiger partial charge on any atom is 0.203 e. The molecule has 1 N–H and O–H groups in total. The number of ether oxygens (including phenoxy) is 4. The van der Waals surface area contributed by atoms with E-state index >= 15 is 0 Å². The van der Waals surface area contributed by atoms with Gasteiger partial charge in [-0.15, -0.1) is 0 Å². The van der Waals surface area contributed by atoms with E-state index in [1.807, 2.05) is 45.9 Å². The number of hydrogen-bond donors (Lipinski definition) is 1. The summed E-state index contributed by atoms with van der Waals surface area (Å²) in [5.41, 5.74) is 2.11. The molecule has 0 unspecified atom stereocenters. The van der Waals surface area contributed by atoms with Crippen LogP contribution >= 0.6 is 0 Å². The van der Waals surface area contributed by atoms with E-state index in [9.17, 15) is 9.90 Å². The van der Waals surface area contributed by atoms with Gasteiger partial charge in [0.2, 0.25) is 5.78 Å². The molecule has 0 fully saturated rings. The predicted molar refractivity (Wildman–Crippen MR) is 129 cm³/mol. The normalized spacial score (nSPS) is 13.6. The Labute approximate surface area is 195 Å². The fraction of sp³-hybridized carbons (Fsp3) is 0.370. The van der Waals surface area contributed by atoms with Gasteiger partial charge >= 0.3 is 0 Å². The highest BCUT2D eigenvalue weighted by atomic mass is 16.5. The van der Waals surface area contributed by atoms with Crippen molar-refractivity contribution in [3.63, 3.8) is 0 Å². The van der Waals surface area contributed by atoms with Gasteiger partial charge in [0.25, 0.3) is 0 Å². The molecular formula is C27H32O6. The number of carbonyl (C=O) groups is 1. The molecule has 1 heterocycles. The minimum atomic E-state index is -0.452. The zero-order chi connectivity index (χ0) is 24.0. The van der Waals surface area contributed by atoms with Gasteiger partial charge < -0.3 is 24.1 Å². The Morgan fingerprint density at radius 1 is 1.21 bits per heavy atom. The number of ketones is 1. The van der Waals surface area contributed by atoms with Crippen molar-refractivity contribution in [1.29, 1.82) is 0 Å². The molecular weight excluding hydrogens is 420 g/mol. The van der Waals surface area contributed by atoms with Crippen LogP contribution in [0.4, 0.5) is 0 Å². The first-order valence-corrected chi connectivity index (χ1v) is 11.1. The number of fused-ring (bicyclic) bond motifs is 1. The molecule has 2 aromatic rings. The average Bonchev–Trinajstić information content (AvgIpc) is 2.78. The standard InChI is InChI=1S/C27H32O6/c1-6-12-30-19-8-9-20(24(15-19)31-13-7-2)23(29)17-32-26-21-10-11-27(4,5)33-25(21)14-18(3)22(26)16-28/h7-11,14-15,28H,2,6,12-13,16-17H2,1,3-5H3. The van der Waals surface area contributed by atoms with Gasteiger partial charge in [0, 0.05) is 11.6 Å². The van der Waals surface area contributed by atoms with Gasteiger partial charge in [-0.25, -0.2) is 0 Å². The highest BCUT2D eigenvalue weighted by molar-refractivity contribution is 6.00. The van der Waals surface area contributed by atoms with Crippen molar-refractivity contribution in [3.8, 4) is 23.0 Å². The number of rotatable bonds is 11. The van der Waals surface area contributed by atoms with Crippen molar-refractivity contribution in [2.24, 2.45) is 0 Å². The lowest BCUT2D eigenvalue weighted by Gasteiger charge is -2.30. The number of aliphatic hydroxyl groups is 1. The first-order chi connectivity index (χ1) is 15.8. The molecule has 0 amide bonds. The van der Waals surface area contributed by atoms with Gasteiger partial charge in [-0.05, 0) is 63.1 Å². The van der Waals surface area contributed by atoms with Crippen LogP contribution in [0.25, 0.3) is 6.08 Å². The highest BCUT2D eigenvalue weighted by Crippen LogP contribution is 2.41. The summed E-state index contributed by atoms with van der Waals surface area (Å²) in [5, 5.41) is 9.96. The van der Waals surface area contributed by atoms with Crippen LogP contribution < -0.4 is 18.9 Å². The minimum absolute atomic E-state index is 0.211. The molecule has 2 aromatic carbocycles. The van der Waals surface area contributed by atoms with Crippen molar-refractivity contribution in [1.82, 2.24) is 0 Å². The van der Waals surface area contributed by atoms with E-state index in [-0.39, 0.29) is 25.6 Å². The number of Topliss-reactive ketones (excluding diaryl/α,β-unsaturated/α-hetero) is 1. The molecule has 0 atom stereocenters. The predicted octanol–water partition coefficient (Wildman–Crippen LogP) is 5.29. The Bertz CT molecular complexity index is 1050. The van der Waals surface area contributed by atoms with Crippen LogP contribution in [0.15, 0.2) is 43.0 Å². The van der Waals surface area contributed by atoms with Crippen LogP contribution in [0.3, 0.4) is 0 Å². The number of aryl methyl sites for hydroxylation is 1. The molecule has 0 bridgehead atoms. The first kappa shape index (κ1) is 24.4. The molecule has 0 saturated carbocycles. The van der Waals surface area contributed by atoms with Crippen LogP contribution in [-0.4, -0.2) is 36.3 Å². The molecule has 176 valence electrons. The quantitative estimate of drug-likeness (QED) is 0.369. The second-order valence-electron chi connectivity index (χ2n) is 8.43. The number of benzene rings is 2. The van der Waals surface area contributed by atoms with Crippen LogP contribution in [-0.2, 0) is 6.61 Å². The van der Waals surface area contributed by atoms with E-state index in [0.29, 0.717) is 46.3 Å². The van der Waals surface area contributed by atoms with Crippen molar-refractivity contribution >= 4 is 11.9 Å². The Balaban J connectivity index is 1.87. The Morgan fingerprint density at radius 3 is 2.70 bits per heavy atom. The van der Waals surface area contributed by atoms with Gasteiger partial charge in [0.05, 0.1) is 24.3 Å². The van der Waals surface area contributed by atoms with E-state index in [1.165, 1.54) is 0 Å². The van der Waals surface area contributed by atoms with Crippen molar-refractivity contribution in [3.05, 3.63) is 65.3 Å². The third kappa shape index (κ3) is 5.76. The second kappa shape index (κ2) is 10.6. The van der Waals surface area contributed by atoms with E-state index in [0.717, 1.165) is 12.0 Å². The van der Waals surface area contributed by atoms with Crippen molar-refractivity contribution in [2.75, 3.05) is 19.8 Å². The van der Waals surface area contributed by atoms with Crippen LogP contribution in [0, 0.1) is 6.92 Å². The molecule has 0 aromatic heterocycles. The van der Waals surface area contributed by atoms with Gasteiger partial charge in [-0.1, -0.05) is 19.6 Å². The summed E-state index contributed by atoms with van der Waals surface area (Å²) in [6.45, 7) is 11.9. The lowest BCUT2D eigenvalue weighted by atomic mass is 9.97. The maximum atomic E-state index is 13.1. The Hall–Kier alpha value is -3.25. The zero-order valence-electron chi connectivity index (χ0n) is 19.8. The largest absolute Gasteiger partial charge is 0.493 e. The molecule has 1 aliphatic heterocycles. The topological polar surface area (TPSA) is 74.2 Å². The summed E-state index contributed by atoms with van der Waals surface area (Å²) in [5.74, 6) is 1.90. The van der Waals surface area contributed by atoms with E-state index < -0.39 is 5.60 Å². The summed E-state index contributed by atoms with van der Waals surface area (Å²) in [4.78, 5) is 13.1. The van der Waals surface area contributed by atoms with Gasteiger partial charge in [-0.3, -0.25) is 4.79 Å².